The van der Waals surface area contributed by atoms with E-state index in [4.69, 9.17) is 25.7 Å². The molecule has 0 radical (unpaired) electrons. The number of nitrogen functional groups attached to an aromatic ring is 2. The zero-order valence-electron chi connectivity index (χ0n) is 19.1. The molecule has 0 spiro atoms. The summed E-state index contributed by atoms with van der Waals surface area (Å²) in [5.74, 6) is 0.302. The lowest BCUT2D eigenvalue weighted by atomic mass is 10.1. The number of nitrogens with zero attached hydrogens (tertiary/aromatic N) is 4. The molecule has 0 amide bonds. The van der Waals surface area contributed by atoms with Crippen molar-refractivity contribution in [3.63, 3.8) is 0 Å². The van der Waals surface area contributed by atoms with Gasteiger partial charge in [-0.05, 0) is 11.1 Å². The summed E-state index contributed by atoms with van der Waals surface area (Å²) in [7, 11) is 0. The Balaban J connectivity index is 1.40. The normalized spacial score (nSPS) is 22.1. The molecule has 2 aromatic carbocycles. The lowest BCUT2D eigenvalue weighted by Gasteiger charge is -2.25. The fourth-order valence-electron chi connectivity index (χ4n) is 4.39. The Morgan fingerprint density at radius 1 is 0.857 bits per heavy atom. The van der Waals surface area contributed by atoms with Crippen molar-refractivity contribution in [3.05, 3.63) is 78.1 Å². The topological polar surface area (TPSA) is 144 Å². The van der Waals surface area contributed by atoms with Crippen molar-refractivity contribution in [2.24, 2.45) is 0 Å². The van der Waals surface area contributed by atoms with Crippen molar-refractivity contribution in [2.75, 3.05) is 18.1 Å². The van der Waals surface area contributed by atoms with Gasteiger partial charge in [0.15, 0.2) is 11.5 Å². The van der Waals surface area contributed by atoms with Gasteiger partial charge in [-0.25, -0.2) is 4.98 Å². The molecule has 10 nitrogen and oxygen atoms in total. The predicted octanol–water partition coefficient (Wildman–Crippen LogP) is 1.92. The Kier molecular flexibility index (Phi) is 6.87. The minimum atomic E-state index is -0.552. The number of imidazole rings is 1. The number of rotatable bonds is 9. The summed E-state index contributed by atoms with van der Waals surface area (Å²) in [4.78, 5) is 12.5. The molecule has 35 heavy (non-hydrogen) atoms. The third-order valence-corrected chi connectivity index (χ3v) is 6.05. The van der Waals surface area contributed by atoms with Gasteiger partial charge in [-0.15, -0.1) is 0 Å². The van der Waals surface area contributed by atoms with E-state index < -0.39 is 24.4 Å². The Bertz CT molecular complexity index is 1250. The molecule has 4 aromatic rings. The average Bonchev–Trinajstić information content (AvgIpc) is 3.43. The number of aromatic nitrogens is 4. The van der Waals surface area contributed by atoms with Gasteiger partial charge in [-0.1, -0.05) is 60.7 Å². The molecular weight excluding hydrogens is 448 g/mol. The lowest BCUT2D eigenvalue weighted by molar-refractivity contribution is -0.0838. The molecular formula is C25H28N6O4. The molecule has 0 unspecified atom stereocenters. The van der Waals surface area contributed by atoms with Crippen molar-refractivity contribution in [1.82, 2.24) is 19.5 Å². The summed E-state index contributed by atoms with van der Waals surface area (Å²) in [5, 5.41) is 10.1. The van der Waals surface area contributed by atoms with Gasteiger partial charge in [0.1, 0.15) is 29.9 Å². The first kappa shape index (κ1) is 23.2. The minimum absolute atomic E-state index is 0.0659. The van der Waals surface area contributed by atoms with Crippen molar-refractivity contribution < 1.29 is 19.3 Å². The molecule has 5 N–H and O–H groups in total. The SMILES string of the molecule is Nc1nc(N)c2c(ncn2C[C@@H]2O[C@H](CO)[C@@H](OCc3ccccc3)[C@@H]2OCc2ccccc2)n1. The maximum atomic E-state index is 10.1. The van der Waals surface area contributed by atoms with E-state index in [2.05, 4.69) is 15.0 Å². The first-order valence-electron chi connectivity index (χ1n) is 11.4. The Hall–Kier alpha value is -3.57. The Labute approximate surface area is 202 Å². The maximum absolute atomic E-state index is 10.1. The van der Waals surface area contributed by atoms with Gasteiger partial charge in [0, 0.05) is 0 Å². The smallest absolute Gasteiger partial charge is 0.224 e. The first-order chi connectivity index (χ1) is 17.1. The van der Waals surface area contributed by atoms with E-state index in [1.54, 1.807) is 6.33 Å². The Morgan fingerprint density at radius 2 is 1.46 bits per heavy atom. The number of aliphatic hydroxyl groups excluding tert-OH is 1. The van der Waals surface area contributed by atoms with Crippen LogP contribution in [0.25, 0.3) is 11.2 Å². The van der Waals surface area contributed by atoms with Gasteiger partial charge in [0.05, 0.1) is 32.7 Å². The highest BCUT2D eigenvalue weighted by atomic mass is 16.6. The van der Waals surface area contributed by atoms with Gasteiger partial charge < -0.3 is 35.4 Å². The number of aliphatic hydroxyl groups is 1. The third-order valence-electron chi connectivity index (χ3n) is 6.05. The molecule has 182 valence electrons. The average molecular weight is 477 g/mol. The van der Waals surface area contributed by atoms with Gasteiger partial charge in [-0.2, -0.15) is 9.97 Å². The second kappa shape index (κ2) is 10.4. The summed E-state index contributed by atoms with van der Waals surface area (Å²) in [6.45, 7) is 0.904. The van der Waals surface area contributed by atoms with Crippen molar-refractivity contribution >= 4 is 22.9 Å². The van der Waals surface area contributed by atoms with Gasteiger partial charge >= 0.3 is 0 Å². The summed E-state index contributed by atoms with van der Waals surface area (Å²) in [5.41, 5.74) is 14.9. The number of fused-ring (bicyclic) bond motifs is 1. The molecule has 1 saturated heterocycles. The molecule has 1 fully saturated rings. The molecule has 4 atom stereocenters. The molecule has 0 bridgehead atoms. The van der Waals surface area contributed by atoms with Crippen LogP contribution in [0.3, 0.4) is 0 Å². The fourth-order valence-corrected chi connectivity index (χ4v) is 4.39. The quantitative estimate of drug-likeness (QED) is 0.330. The Morgan fingerprint density at radius 3 is 2.06 bits per heavy atom. The van der Waals surface area contributed by atoms with Crippen LogP contribution >= 0.6 is 0 Å². The van der Waals surface area contributed by atoms with Crippen LogP contribution in [-0.4, -0.2) is 55.6 Å². The van der Waals surface area contributed by atoms with Crippen LogP contribution < -0.4 is 11.5 Å². The van der Waals surface area contributed by atoms with Crippen LogP contribution in [-0.2, 0) is 34.0 Å². The first-order valence-corrected chi connectivity index (χ1v) is 11.4. The van der Waals surface area contributed by atoms with E-state index in [1.807, 2.05) is 65.2 Å². The molecule has 0 saturated carbocycles. The highest BCUT2D eigenvalue weighted by Crippen LogP contribution is 2.30. The zero-order valence-corrected chi connectivity index (χ0v) is 19.1. The van der Waals surface area contributed by atoms with E-state index >= 15 is 0 Å². The fraction of sp³-hybridized carbons (Fsp3) is 0.320. The number of hydrogen-bond donors (Lipinski definition) is 3. The third kappa shape index (κ3) is 5.10. The monoisotopic (exact) mass is 476 g/mol. The van der Waals surface area contributed by atoms with Crippen LogP contribution in [0, 0.1) is 0 Å². The second-order valence-corrected chi connectivity index (χ2v) is 8.45. The maximum Gasteiger partial charge on any atom is 0.224 e. The largest absolute Gasteiger partial charge is 0.394 e. The molecule has 2 aromatic heterocycles. The number of ether oxygens (including phenoxy) is 3. The van der Waals surface area contributed by atoms with Gasteiger partial charge in [0.2, 0.25) is 5.95 Å². The standard InChI is InChI=1S/C25H28N6O4/c26-23-20-24(30-25(27)29-23)28-15-31(20)11-18-21(33-13-16-7-3-1-4-8-16)22(19(12-32)35-18)34-14-17-9-5-2-6-10-17/h1-10,15,18-19,21-22,32H,11-14H2,(H4,26,27,29,30)/t18-,19+,21+,22+/m0/s1. The molecule has 1 aliphatic heterocycles. The van der Waals surface area contributed by atoms with Gasteiger partial charge in [0.25, 0.3) is 0 Å². The van der Waals surface area contributed by atoms with Crippen molar-refractivity contribution in [2.45, 2.75) is 44.2 Å². The second-order valence-electron chi connectivity index (χ2n) is 8.45. The van der Waals surface area contributed by atoms with Crippen LogP contribution in [0.15, 0.2) is 67.0 Å². The van der Waals surface area contributed by atoms with Crippen LogP contribution in [0.5, 0.6) is 0 Å². The number of hydrogen-bond acceptors (Lipinski definition) is 9. The summed E-state index contributed by atoms with van der Waals surface area (Å²) >= 11 is 0. The van der Waals surface area contributed by atoms with Gasteiger partial charge in [-0.3, -0.25) is 0 Å². The zero-order chi connectivity index (χ0) is 24.2. The lowest BCUT2D eigenvalue weighted by Crippen LogP contribution is -2.39. The summed E-state index contributed by atoms with van der Waals surface area (Å²) in [6.07, 6.45) is -0.300. The number of nitrogens with two attached hydrogens (primary N) is 2. The molecule has 1 aliphatic rings. The van der Waals surface area contributed by atoms with E-state index in [0.29, 0.717) is 30.9 Å². The number of benzene rings is 2. The minimum Gasteiger partial charge on any atom is -0.394 e. The molecule has 5 rings (SSSR count). The van der Waals surface area contributed by atoms with Crippen LogP contribution in [0.4, 0.5) is 11.8 Å². The highest BCUT2D eigenvalue weighted by Gasteiger charge is 2.46. The van der Waals surface area contributed by atoms with Crippen LogP contribution in [0.2, 0.25) is 0 Å². The molecule has 10 heteroatoms. The van der Waals surface area contributed by atoms with Crippen LogP contribution in [0.1, 0.15) is 11.1 Å². The van der Waals surface area contributed by atoms with E-state index in [-0.39, 0.29) is 18.4 Å². The molecule has 3 heterocycles. The van der Waals surface area contributed by atoms with E-state index in [9.17, 15) is 5.11 Å². The summed E-state index contributed by atoms with van der Waals surface area (Å²) < 4.78 is 20.7. The van der Waals surface area contributed by atoms with E-state index in [1.165, 1.54) is 0 Å². The van der Waals surface area contributed by atoms with Crippen molar-refractivity contribution in [1.29, 1.82) is 0 Å². The highest BCUT2D eigenvalue weighted by molar-refractivity contribution is 5.82. The van der Waals surface area contributed by atoms with E-state index in [0.717, 1.165) is 11.1 Å². The summed E-state index contributed by atoms with van der Waals surface area (Å²) in [6, 6.07) is 19.8. The predicted molar refractivity (Wildman–Crippen MR) is 130 cm³/mol. The van der Waals surface area contributed by atoms with Crippen molar-refractivity contribution in [3.8, 4) is 0 Å². The number of anilines is 2. The molecule has 0 aliphatic carbocycles.